The van der Waals surface area contributed by atoms with E-state index in [9.17, 15) is 43.9 Å². The van der Waals surface area contributed by atoms with Crippen LogP contribution in [0.25, 0.3) is 67.7 Å². The van der Waals surface area contributed by atoms with E-state index in [2.05, 4.69) is 35.2 Å². The molecular weight excluding hydrogens is 922 g/mol. The van der Waals surface area contributed by atoms with Gasteiger partial charge in [-0.3, -0.25) is 4.98 Å². The second-order valence-corrected chi connectivity index (χ2v) is 14.5. The molecule has 0 amide bonds. The van der Waals surface area contributed by atoms with Crippen molar-refractivity contribution in [3.63, 3.8) is 0 Å². The molecule has 1 N–H and O–H groups in total. The van der Waals surface area contributed by atoms with Crippen LogP contribution in [-0.2, 0) is 24.8 Å². The summed E-state index contributed by atoms with van der Waals surface area (Å²) in [5, 5.41) is 7.20. The van der Waals surface area contributed by atoms with Crippen LogP contribution in [-0.4, -0.2) is 39.8 Å². The van der Waals surface area contributed by atoms with Gasteiger partial charge in [-0.1, -0.05) is 34.6 Å². The third-order valence-corrected chi connectivity index (χ3v) is 9.93. The molecule has 0 bridgehead atoms. The quantitative estimate of drug-likeness (QED) is 0.124. The number of aromatic amines is 1. The van der Waals surface area contributed by atoms with Gasteiger partial charge in [0.2, 0.25) is 0 Å². The fourth-order valence-corrected chi connectivity index (χ4v) is 6.72. The Bertz CT molecular complexity index is 3250. The van der Waals surface area contributed by atoms with Crippen LogP contribution < -0.4 is 0 Å². The number of hydrogen-bond acceptors (Lipinski definition) is 8. The summed E-state index contributed by atoms with van der Waals surface area (Å²) in [6.07, 6.45) is -2.74. The number of pyridine rings is 2. The topological polar surface area (TPSA) is 124 Å². The first-order valence-corrected chi connectivity index (χ1v) is 19.9. The number of aromatic nitrogens is 8. The molecule has 0 saturated carbocycles. The normalized spacial score (nSPS) is 11.6. The van der Waals surface area contributed by atoms with Crippen molar-refractivity contribution in [1.29, 1.82) is 0 Å². The third kappa shape index (κ3) is 10.5. The third-order valence-electron chi connectivity index (χ3n) is 9.67. The Morgan fingerprint density at radius 3 is 1.72 bits per heavy atom. The molecule has 0 unspecified atom stereocenters. The van der Waals surface area contributed by atoms with Crippen LogP contribution in [0.15, 0.2) is 143 Å². The Labute approximate surface area is 375 Å². The largest absolute Gasteiger partial charge is 0.417 e. The molecule has 8 aromatic rings. The molecule has 0 spiro atoms. The number of halogens is 11. The maximum absolute atomic E-state index is 14.0. The minimum absolute atomic E-state index is 0.00442. The summed E-state index contributed by atoms with van der Waals surface area (Å²) in [6.45, 7) is 0.146. The zero-order chi connectivity index (χ0) is 47.5. The van der Waals surface area contributed by atoms with E-state index in [0.717, 1.165) is 35.3 Å². The summed E-state index contributed by atoms with van der Waals surface area (Å²) in [6, 6.07) is 23.6. The fourth-order valence-electron chi connectivity index (χ4n) is 6.60. The molecule has 340 valence electrons. The van der Waals surface area contributed by atoms with Gasteiger partial charge < -0.3 is 18.6 Å². The number of alkyl halides is 7. The molecule has 0 radical (unpaired) electrons. The lowest BCUT2D eigenvalue weighted by molar-refractivity contribution is -0.138. The number of fused-ring (bicyclic) bond motifs is 2. The second kappa shape index (κ2) is 18.9. The SMILES string of the molecule is Fc1ccc(-c2cc(CCl)on2)c(C(F)(F)F)c1.Fc1ccc(-c2cc(Cn3ccc4nc(-c5ccccc5F)nc-4c3)on2)c(C(F)(F)F)c1.Fc1ccccc1-c1nc2ccncc2[nH]1. The molecule has 10 nitrogen and oxygen atoms in total. The average molecular weight is 949 g/mol. The van der Waals surface area contributed by atoms with Crippen LogP contribution in [0, 0.1) is 23.3 Å². The van der Waals surface area contributed by atoms with Gasteiger partial charge >= 0.3 is 12.4 Å². The van der Waals surface area contributed by atoms with E-state index in [1.807, 2.05) is 0 Å². The molecular formula is C46H27ClF10N8O2. The van der Waals surface area contributed by atoms with Crippen molar-refractivity contribution in [2.45, 2.75) is 24.8 Å². The summed E-state index contributed by atoms with van der Waals surface area (Å²) in [7, 11) is 0. The molecule has 4 aromatic heterocycles. The number of benzene rings is 4. The van der Waals surface area contributed by atoms with Crippen LogP contribution in [0.4, 0.5) is 43.9 Å². The molecule has 4 aromatic carbocycles. The molecule has 67 heavy (non-hydrogen) atoms. The Balaban J connectivity index is 0.000000150. The zero-order valence-corrected chi connectivity index (χ0v) is 34.5. The van der Waals surface area contributed by atoms with Crippen molar-refractivity contribution < 1.29 is 53.0 Å². The van der Waals surface area contributed by atoms with Crippen LogP contribution in [0.3, 0.4) is 0 Å². The van der Waals surface area contributed by atoms with Gasteiger partial charge in [-0.15, -0.1) is 11.6 Å². The lowest BCUT2D eigenvalue weighted by Gasteiger charge is -2.10. The number of nitrogens with zero attached hydrogens (tertiary/aromatic N) is 7. The molecule has 0 atom stereocenters. The molecule has 0 saturated heterocycles. The van der Waals surface area contributed by atoms with Gasteiger partial charge in [0.25, 0.3) is 0 Å². The highest BCUT2D eigenvalue weighted by Crippen LogP contribution is 2.39. The minimum Gasteiger partial charge on any atom is -0.359 e. The summed E-state index contributed by atoms with van der Waals surface area (Å²) >= 11 is 5.47. The smallest absolute Gasteiger partial charge is 0.359 e. The number of imidazole rings is 2. The van der Waals surface area contributed by atoms with E-state index in [1.54, 1.807) is 77.9 Å². The Hall–Kier alpha value is -7.87. The monoisotopic (exact) mass is 948 g/mol. The van der Waals surface area contributed by atoms with Crippen LogP contribution in [0.5, 0.6) is 0 Å². The van der Waals surface area contributed by atoms with Crippen molar-refractivity contribution in [3.05, 3.63) is 180 Å². The predicted octanol–water partition coefficient (Wildman–Crippen LogP) is 13.1. The Kier molecular flexibility index (Phi) is 12.9. The van der Waals surface area contributed by atoms with E-state index in [1.165, 1.54) is 24.3 Å². The Morgan fingerprint density at radius 2 is 1.15 bits per heavy atom. The van der Waals surface area contributed by atoms with E-state index < -0.39 is 40.9 Å². The second-order valence-electron chi connectivity index (χ2n) is 14.2. The van der Waals surface area contributed by atoms with Crippen molar-refractivity contribution in [2.24, 2.45) is 0 Å². The molecule has 0 aliphatic carbocycles. The number of nitrogens with one attached hydrogen (secondary N) is 1. The van der Waals surface area contributed by atoms with Crippen molar-refractivity contribution in [1.82, 2.24) is 39.8 Å². The van der Waals surface area contributed by atoms with Gasteiger partial charge in [0.1, 0.15) is 46.2 Å². The number of rotatable bonds is 7. The van der Waals surface area contributed by atoms with Gasteiger partial charge in [-0.2, -0.15) is 26.3 Å². The minimum atomic E-state index is -4.75. The maximum atomic E-state index is 14.0. The lowest BCUT2D eigenvalue weighted by atomic mass is 10.0. The van der Waals surface area contributed by atoms with Gasteiger partial charge in [0, 0.05) is 41.9 Å². The van der Waals surface area contributed by atoms with Crippen LogP contribution >= 0.6 is 11.6 Å². The van der Waals surface area contributed by atoms with E-state index in [0.29, 0.717) is 34.9 Å². The lowest BCUT2D eigenvalue weighted by Crippen LogP contribution is -2.07. The highest BCUT2D eigenvalue weighted by atomic mass is 35.5. The molecule has 2 aliphatic rings. The summed E-state index contributed by atoms with van der Waals surface area (Å²) in [4.78, 5) is 20.0. The highest BCUT2D eigenvalue weighted by molar-refractivity contribution is 6.16. The maximum Gasteiger partial charge on any atom is 0.417 e. The van der Waals surface area contributed by atoms with E-state index in [4.69, 9.17) is 20.6 Å². The summed E-state index contributed by atoms with van der Waals surface area (Å²) < 4.78 is 144. The van der Waals surface area contributed by atoms with Crippen molar-refractivity contribution in [3.8, 4) is 56.7 Å². The zero-order valence-electron chi connectivity index (χ0n) is 33.7. The predicted molar refractivity (Wildman–Crippen MR) is 224 cm³/mol. The Morgan fingerprint density at radius 1 is 0.582 bits per heavy atom. The van der Waals surface area contributed by atoms with Crippen LogP contribution in [0.2, 0.25) is 0 Å². The van der Waals surface area contributed by atoms with Crippen LogP contribution in [0.1, 0.15) is 22.6 Å². The van der Waals surface area contributed by atoms with Crippen molar-refractivity contribution >= 4 is 22.6 Å². The molecule has 6 heterocycles. The van der Waals surface area contributed by atoms with E-state index >= 15 is 0 Å². The standard InChI is InChI=1S/C23H13F5N4O.C12H8FN3.C11H6ClF4NO/c24-13-5-6-15(17(9-13)23(26,27)28)20-10-14(33-31-20)11-32-8-7-19-21(12-32)30-22(29-19)16-3-1-2-4-18(16)25;13-9-4-2-1-3-8(9)12-15-10-5-6-14-7-11(10)16-12;12-5-7-4-10(17-18-7)8-2-1-6(13)3-9(8)11(14,15)16/h1-10,12H,11H2;1-7H,(H,15,16);1-4H,5H2. The molecule has 10 rings (SSSR count). The van der Waals surface area contributed by atoms with Gasteiger partial charge in [-0.05, 0) is 72.8 Å². The number of hydrogen-bond donors (Lipinski definition) is 1. The first-order valence-electron chi connectivity index (χ1n) is 19.4. The summed E-state index contributed by atoms with van der Waals surface area (Å²) in [5.41, 5.74) is 0.553. The van der Waals surface area contributed by atoms with E-state index in [-0.39, 0.29) is 63.7 Å². The number of H-pyrrole nitrogens is 1. The van der Waals surface area contributed by atoms with Gasteiger partial charge in [-0.25, -0.2) is 32.5 Å². The highest BCUT2D eigenvalue weighted by Gasteiger charge is 2.36. The van der Waals surface area contributed by atoms with Gasteiger partial charge in [0.15, 0.2) is 17.3 Å². The first kappa shape index (κ1) is 45.7. The molecule has 0 fully saturated rings. The summed E-state index contributed by atoms with van der Waals surface area (Å²) in [5.74, 6) is -1.39. The molecule has 2 aliphatic heterocycles. The average Bonchev–Trinajstić information content (AvgIpc) is 4.13. The molecule has 21 heteroatoms. The van der Waals surface area contributed by atoms with Crippen molar-refractivity contribution in [2.75, 3.05) is 0 Å². The first-order chi connectivity index (χ1) is 32.0. The fraction of sp³-hybridized carbons (Fsp3) is 0.0870. The van der Waals surface area contributed by atoms with Gasteiger partial charge in [0.05, 0.1) is 57.6 Å².